The van der Waals surface area contributed by atoms with E-state index in [9.17, 15) is 26.4 Å². The minimum Gasteiger partial charge on any atom is -0.406 e. The third-order valence-corrected chi connectivity index (χ3v) is 4.64. The number of ether oxygens (including phenoxy) is 1. The van der Waals surface area contributed by atoms with Gasteiger partial charge in [-0.1, -0.05) is 0 Å². The van der Waals surface area contributed by atoms with Gasteiger partial charge in [0, 0.05) is 24.8 Å². The molecule has 1 aromatic carbocycles. The fourth-order valence-corrected chi connectivity index (χ4v) is 3.24. The minimum absolute atomic E-state index is 0.0516. The number of amides is 2. The van der Waals surface area contributed by atoms with Gasteiger partial charge in [0.15, 0.2) is 0 Å². The van der Waals surface area contributed by atoms with Crippen LogP contribution < -0.4 is 36.0 Å². The zero-order chi connectivity index (χ0) is 22.4. The summed E-state index contributed by atoms with van der Waals surface area (Å²) in [4.78, 5) is 12.2. The summed E-state index contributed by atoms with van der Waals surface area (Å²) in [5.41, 5.74) is 0.285. The minimum atomic E-state index is -4.78. The van der Waals surface area contributed by atoms with E-state index in [2.05, 4.69) is 36.0 Å². The van der Waals surface area contributed by atoms with Gasteiger partial charge in [0.1, 0.15) is 12.0 Å². The van der Waals surface area contributed by atoms with Crippen LogP contribution in [-0.2, 0) is 10.0 Å². The lowest BCUT2D eigenvalue weighted by molar-refractivity contribution is -0.274. The highest BCUT2D eigenvalue weighted by atomic mass is 32.2. The Morgan fingerprint density at radius 2 is 1.87 bits per heavy atom. The molecule has 3 unspecified atom stereocenters. The largest absolute Gasteiger partial charge is 0.573 e. The van der Waals surface area contributed by atoms with Crippen LogP contribution in [0.4, 0.5) is 23.7 Å². The first-order valence-electron chi connectivity index (χ1n) is 9.03. The van der Waals surface area contributed by atoms with Gasteiger partial charge in [-0.2, -0.15) is 0 Å². The molecule has 1 aliphatic heterocycles. The zero-order valence-electron chi connectivity index (χ0n) is 16.3. The number of nitrogens with one attached hydrogen (secondary N) is 6. The predicted molar refractivity (Wildman–Crippen MR) is 104 cm³/mol. The van der Waals surface area contributed by atoms with Crippen molar-refractivity contribution in [3.63, 3.8) is 0 Å². The normalized spacial score (nSPS) is 22.4. The van der Waals surface area contributed by atoms with Crippen molar-refractivity contribution in [2.75, 3.05) is 24.7 Å². The summed E-state index contributed by atoms with van der Waals surface area (Å²) in [6.07, 6.45) is -3.77. The Morgan fingerprint density at radius 1 is 1.20 bits per heavy atom. The monoisotopic (exact) mass is 454 g/mol. The second-order valence-corrected chi connectivity index (χ2v) is 8.58. The molecule has 2 rings (SSSR count). The van der Waals surface area contributed by atoms with E-state index >= 15 is 0 Å². The summed E-state index contributed by atoms with van der Waals surface area (Å²) in [6, 6.07) is 4.22. The van der Waals surface area contributed by atoms with Crippen LogP contribution in [0.25, 0.3) is 0 Å². The van der Waals surface area contributed by atoms with Crippen molar-refractivity contribution >= 4 is 21.7 Å². The number of alkyl halides is 3. The van der Waals surface area contributed by atoms with Gasteiger partial charge in [0.05, 0.1) is 12.4 Å². The summed E-state index contributed by atoms with van der Waals surface area (Å²) in [5.74, 6) is -0.392. The predicted octanol–water partition coefficient (Wildman–Crippen LogP) is 0.427. The number of anilines is 1. The van der Waals surface area contributed by atoms with Crippen LogP contribution in [0.5, 0.6) is 5.75 Å². The van der Waals surface area contributed by atoms with Gasteiger partial charge in [-0.05, 0) is 37.6 Å². The van der Waals surface area contributed by atoms with Crippen molar-refractivity contribution in [2.24, 2.45) is 0 Å². The molecule has 14 heteroatoms. The smallest absolute Gasteiger partial charge is 0.406 e. The maximum Gasteiger partial charge on any atom is 0.573 e. The van der Waals surface area contributed by atoms with Crippen molar-refractivity contribution in [2.45, 2.75) is 38.2 Å². The highest BCUT2D eigenvalue weighted by molar-refractivity contribution is 7.88. The summed E-state index contributed by atoms with van der Waals surface area (Å²) in [6.45, 7) is 2.55. The molecule has 170 valence electrons. The lowest BCUT2D eigenvalue weighted by Crippen LogP contribution is -2.68. The number of benzene rings is 1. The van der Waals surface area contributed by atoms with Crippen LogP contribution in [0.1, 0.15) is 13.3 Å². The molecule has 1 heterocycles. The molecule has 0 aliphatic carbocycles. The molecular weight excluding hydrogens is 429 g/mol. The topological polar surface area (TPSA) is 133 Å². The van der Waals surface area contributed by atoms with E-state index in [-0.39, 0.29) is 24.4 Å². The molecule has 0 bridgehead atoms. The third-order valence-electron chi connectivity index (χ3n) is 3.91. The highest BCUT2D eigenvalue weighted by Gasteiger charge is 2.31. The molecule has 30 heavy (non-hydrogen) atoms. The number of hydrogen-bond donors (Lipinski definition) is 6. The van der Waals surface area contributed by atoms with Gasteiger partial charge >= 0.3 is 12.4 Å². The van der Waals surface area contributed by atoms with E-state index in [1.165, 1.54) is 12.1 Å². The number of urea groups is 1. The lowest BCUT2D eigenvalue weighted by Gasteiger charge is -2.36. The van der Waals surface area contributed by atoms with Gasteiger partial charge in [0.2, 0.25) is 10.0 Å². The van der Waals surface area contributed by atoms with E-state index < -0.39 is 34.5 Å². The highest BCUT2D eigenvalue weighted by Crippen LogP contribution is 2.23. The molecule has 0 aromatic heterocycles. The van der Waals surface area contributed by atoms with Crippen LogP contribution in [0.3, 0.4) is 0 Å². The molecule has 1 aromatic rings. The molecule has 1 saturated heterocycles. The number of carbonyl (C=O) groups excluding carboxylic acids is 1. The summed E-state index contributed by atoms with van der Waals surface area (Å²) in [7, 11) is -3.26. The van der Waals surface area contributed by atoms with E-state index in [1.54, 1.807) is 0 Å². The Kier molecular flexibility index (Phi) is 8.25. The molecule has 0 radical (unpaired) electrons. The first-order valence-corrected chi connectivity index (χ1v) is 10.9. The summed E-state index contributed by atoms with van der Waals surface area (Å²) >= 11 is 0. The van der Waals surface area contributed by atoms with Crippen LogP contribution in [0, 0.1) is 0 Å². The van der Waals surface area contributed by atoms with E-state index in [1.807, 2.05) is 6.92 Å². The Morgan fingerprint density at radius 3 is 2.47 bits per heavy atom. The first kappa shape index (κ1) is 24.1. The van der Waals surface area contributed by atoms with Gasteiger partial charge < -0.3 is 20.7 Å². The van der Waals surface area contributed by atoms with Crippen LogP contribution >= 0.6 is 0 Å². The van der Waals surface area contributed by atoms with Crippen molar-refractivity contribution in [3.8, 4) is 5.75 Å². The van der Waals surface area contributed by atoms with Crippen LogP contribution in [-0.4, -0.2) is 58.7 Å². The molecule has 6 N–H and O–H groups in total. The average molecular weight is 454 g/mol. The number of hydrogen-bond acceptors (Lipinski definition) is 7. The molecule has 1 aliphatic rings. The quantitative estimate of drug-likeness (QED) is 0.314. The van der Waals surface area contributed by atoms with Gasteiger partial charge in [-0.15, -0.1) is 13.2 Å². The summed E-state index contributed by atoms with van der Waals surface area (Å²) in [5, 5.41) is 14.6. The Balaban J connectivity index is 1.79. The van der Waals surface area contributed by atoms with Crippen LogP contribution in [0.15, 0.2) is 24.3 Å². The number of rotatable bonds is 8. The standard InChI is InChI=1S/C16H25F3N6O4S/c1-10-9-13(20-7-8-21-30(2,27)28)24-14(22-10)25-15(26)23-11-3-5-12(6-4-11)29-16(17,18)19/h3-6,10,13-14,20-22,24H,7-9H2,1-2H3,(H2,23,25,26). The van der Waals surface area contributed by atoms with Gasteiger partial charge in [0.25, 0.3) is 0 Å². The van der Waals surface area contributed by atoms with Gasteiger partial charge in [-0.3, -0.25) is 10.6 Å². The Bertz CT molecular complexity index is 806. The first-order chi connectivity index (χ1) is 13.9. The van der Waals surface area contributed by atoms with Crippen LogP contribution in [0.2, 0.25) is 0 Å². The third kappa shape index (κ3) is 9.58. The molecule has 0 spiro atoms. The van der Waals surface area contributed by atoms with E-state index in [4.69, 9.17) is 0 Å². The Hall–Kier alpha value is -2.13. The van der Waals surface area contributed by atoms with Gasteiger partial charge in [-0.25, -0.2) is 17.9 Å². The molecule has 10 nitrogen and oxygen atoms in total. The molecule has 2 amide bonds. The number of halogens is 3. The fourth-order valence-electron chi connectivity index (χ4n) is 2.77. The van der Waals surface area contributed by atoms with E-state index in [0.717, 1.165) is 18.4 Å². The number of carbonyl (C=O) groups is 1. The van der Waals surface area contributed by atoms with E-state index in [0.29, 0.717) is 13.0 Å². The summed E-state index contributed by atoms with van der Waals surface area (Å²) < 4.78 is 64.8. The maximum absolute atomic E-state index is 12.2. The average Bonchev–Trinajstić information content (AvgIpc) is 2.58. The second-order valence-electron chi connectivity index (χ2n) is 6.75. The maximum atomic E-state index is 12.2. The Labute approximate surface area is 172 Å². The second kappa shape index (κ2) is 10.3. The molecule has 0 saturated carbocycles. The van der Waals surface area contributed by atoms with Crippen molar-refractivity contribution < 1.29 is 31.1 Å². The molecule has 1 fully saturated rings. The SMILES string of the molecule is CC1CC(NCCNS(C)(=O)=O)NC(NC(=O)Nc2ccc(OC(F)(F)F)cc2)N1. The van der Waals surface area contributed by atoms with Crippen molar-refractivity contribution in [1.82, 2.24) is 26.0 Å². The van der Waals surface area contributed by atoms with Crippen molar-refractivity contribution in [3.05, 3.63) is 24.3 Å². The zero-order valence-corrected chi connectivity index (χ0v) is 17.2. The number of sulfonamides is 1. The molecule has 3 atom stereocenters. The van der Waals surface area contributed by atoms with Crippen molar-refractivity contribution in [1.29, 1.82) is 0 Å². The fraction of sp³-hybridized carbons (Fsp3) is 0.562. The molecular formula is C16H25F3N6O4S. The lowest BCUT2D eigenvalue weighted by atomic mass is 10.1.